The Labute approximate surface area is 138 Å². The van der Waals surface area contributed by atoms with Gasteiger partial charge in [0.1, 0.15) is 11.1 Å². The predicted octanol–water partition coefficient (Wildman–Crippen LogP) is 3.36. The van der Waals surface area contributed by atoms with Gasteiger partial charge in [-0.2, -0.15) is 0 Å². The molecule has 2 heterocycles. The number of pyridine rings is 1. The van der Waals surface area contributed by atoms with Crippen LogP contribution in [0.2, 0.25) is 5.02 Å². The van der Waals surface area contributed by atoms with Gasteiger partial charge in [0.2, 0.25) is 5.88 Å². The van der Waals surface area contributed by atoms with Gasteiger partial charge in [-0.15, -0.1) is 11.8 Å². The van der Waals surface area contributed by atoms with Crippen LogP contribution in [0.5, 0.6) is 5.88 Å². The third-order valence-electron chi connectivity index (χ3n) is 3.48. The lowest BCUT2D eigenvalue weighted by Crippen LogP contribution is -2.56. The third kappa shape index (κ3) is 3.05. The number of halogens is 1. The molecule has 1 saturated heterocycles. The van der Waals surface area contributed by atoms with Gasteiger partial charge >= 0.3 is 0 Å². The molecular weight excluding hydrogens is 320 g/mol. The number of aromatic nitrogens is 1. The van der Waals surface area contributed by atoms with Gasteiger partial charge in [-0.25, -0.2) is 4.98 Å². The summed E-state index contributed by atoms with van der Waals surface area (Å²) in [5, 5.41) is 0.486. The molecule has 1 aromatic heterocycles. The molecule has 0 saturated carbocycles. The van der Waals surface area contributed by atoms with Crippen LogP contribution in [0.25, 0.3) is 0 Å². The fourth-order valence-electron chi connectivity index (χ4n) is 2.29. The van der Waals surface area contributed by atoms with E-state index in [1.165, 1.54) is 0 Å². The summed E-state index contributed by atoms with van der Waals surface area (Å²) in [4.78, 5) is 19.3. The highest BCUT2D eigenvalue weighted by Crippen LogP contribution is 2.26. The molecule has 0 atom stereocenters. The fraction of sp³-hybridized carbons (Fsp3) is 0.250. The zero-order valence-electron chi connectivity index (χ0n) is 12.0. The van der Waals surface area contributed by atoms with E-state index in [2.05, 4.69) is 4.98 Å². The van der Waals surface area contributed by atoms with Crippen molar-refractivity contribution in [3.8, 4) is 5.88 Å². The molecule has 1 aliphatic rings. The van der Waals surface area contributed by atoms with Gasteiger partial charge in [0, 0.05) is 11.1 Å². The van der Waals surface area contributed by atoms with E-state index in [9.17, 15) is 4.79 Å². The van der Waals surface area contributed by atoms with Gasteiger partial charge in [-0.3, -0.25) is 4.79 Å². The minimum Gasteiger partial charge on any atom is -0.470 e. The number of likely N-dealkylation sites (tertiary alicyclic amines) is 1. The second-order valence-corrected chi connectivity index (χ2v) is 6.20. The lowest BCUT2D eigenvalue weighted by Gasteiger charge is -2.39. The first-order valence-corrected chi connectivity index (χ1v) is 8.49. The molecule has 2 aromatic rings. The van der Waals surface area contributed by atoms with E-state index in [4.69, 9.17) is 16.3 Å². The van der Waals surface area contributed by atoms with Crippen molar-refractivity contribution in [2.75, 3.05) is 19.3 Å². The summed E-state index contributed by atoms with van der Waals surface area (Å²) in [7, 11) is 0. The highest BCUT2D eigenvalue weighted by molar-refractivity contribution is 7.98. The Morgan fingerprint density at radius 3 is 2.82 bits per heavy atom. The average Bonchev–Trinajstić information content (AvgIpc) is 2.51. The van der Waals surface area contributed by atoms with Crippen molar-refractivity contribution in [2.24, 2.45) is 0 Å². The quantitative estimate of drug-likeness (QED) is 0.804. The van der Waals surface area contributed by atoms with Gasteiger partial charge < -0.3 is 9.64 Å². The molecule has 0 N–H and O–H groups in total. The summed E-state index contributed by atoms with van der Waals surface area (Å²) in [6.07, 6.45) is 3.55. The molecule has 1 aliphatic heterocycles. The summed E-state index contributed by atoms with van der Waals surface area (Å²) in [5.74, 6) is 0.461. The Balaban J connectivity index is 1.61. The Bertz CT molecular complexity index is 689. The van der Waals surface area contributed by atoms with E-state index in [-0.39, 0.29) is 12.0 Å². The fourth-order valence-corrected chi connectivity index (χ4v) is 3.04. The smallest absolute Gasteiger partial charge is 0.255 e. The SMILES string of the molecule is CSc1ccccc1C(=O)N1CC(Oc2ncccc2Cl)C1. The summed E-state index contributed by atoms with van der Waals surface area (Å²) < 4.78 is 5.71. The van der Waals surface area contributed by atoms with Gasteiger partial charge in [0.05, 0.1) is 18.7 Å². The highest BCUT2D eigenvalue weighted by atomic mass is 35.5. The number of hydrogen-bond donors (Lipinski definition) is 0. The first-order valence-electron chi connectivity index (χ1n) is 6.88. The maximum Gasteiger partial charge on any atom is 0.255 e. The number of rotatable bonds is 4. The normalized spacial score (nSPS) is 14.5. The van der Waals surface area contributed by atoms with Gasteiger partial charge in [-0.05, 0) is 30.5 Å². The van der Waals surface area contributed by atoms with Crippen molar-refractivity contribution in [3.63, 3.8) is 0 Å². The molecule has 0 unspecified atom stereocenters. The van der Waals surface area contributed by atoms with E-state index in [0.29, 0.717) is 24.0 Å². The van der Waals surface area contributed by atoms with Crippen molar-refractivity contribution in [1.82, 2.24) is 9.88 Å². The van der Waals surface area contributed by atoms with Crippen LogP contribution < -0.4 is 4.74 Å². The molecule has 6 heteroatoms. The second-order valence-electron chi connectivity index (χ2n) is 4.94. The highest BCUT2D eigenvalue weighted by Gasteiger charge is 2.34. The van der Waals surface area contributed by atoms with Crippen molar-refractivity contribution < 1.29 is 9.53 Å². The first-order chi connectivity index (χ1) is 10.7. The lowest BCUT2D eigenvalue weighted by molar-refractivity contribution is 0.0158. The maximum atomic E-state index is 12.5. The molecule has 1 fully saturated rings. The monoisotopic (exact) mass is 334 g/mol. The summed E-state index contributed by atoms with van der Waals surface area (Å²) >= 11 is 7.59. The number of thioether (sulfide) groups is 1. The number of ether oxygens (including phenoxy) is 1. The molecule has 1 aromatic carbocycles. The summed E-state index contributed by atoms with van der Waals surface area (Å²) in [5.41, 5.74) is 0.740. The molecule has 4 nitrogen and oxygen atoms in total. The number of carbonyl (C=O) groups is 1. The zero-order valence-corrected chi connectivity index (χ0v) is 13.6. The Kier molecular flexibility index (Phi) is 4.55. The molecule has 22 heavy (non-hydrogen) atoms. The zero-order chi connectivity index (χ0) is 15.5. The van der Waals surface area contributed by atoms with Gasteiger partial charge in [0.15, 0.2) is 0 Å². The lowest BCUT2D eigenvalue weighted by atomic mass is 10.1. The number of benzene rings is 1. The molecule has 0 spiro atoms. The predicted molar refractivity (Wildman–Crippen MR) is 87.8 cm³/mol. The molecule has 114 valence electrons. The minimum absolute atomic E-state index is 0.0388. The van der Waals surface area contributed by atoms with Crippen molar-refractivity contribution in [2.45, 2.75) is 11.0 Å². The van der Waals surface area contributed by atoms with Crippen LogP contribution in [0.4, 0.5) is 0 Å². The molecule has 0 radical (unpaired) electrons. The standard InChI is InChI=1S/C16H15ClN2O2S/c1-22-14-7-3-2-5-12(14)16(20)19-9-11(10-19)21-15-13(17)6-4-8-18-15/h2-8,11H,9-10H2,1H3. The van der Waals surface area contributed by atoms with Gasteiger partial charge in [0.25, 0.3) is 5.91 Å². The van der Waals surface area contributed by atoms with Crippen LogP contribution in [0.3, 0.4) is 0 Å². The Morgan fingerprint density at radius 2 is 2.09 bits per heavy atom. The topological polar surface area (TPSA) is 42.4 Å². The van der Waals surface area contributed by atoms with Crippen LogP contribution in [0.1, 0.15) is 10.4 Å². The van der Waals surface area contributed by atoms with E-state index in [0.717, 1.165) is 10.5 Å². The van der Waals surface area contributed by atoms with Crippen molar-refractivity contribution >= 4 is 29.3 Å². The van der Waals surface area contributed by atoms with Crippen LogP contribution in [0, 0.1) is 0 Å². The Morgan fingerprint density at radius 1 is 1.32 bits per heavy atom. The van der Waals surface area contributed by atoms with Crippen LogP contribution in [-0.4, -0.2) is 41.2 Å². The largest absolute Gasteiger partial charge is 0.470 e. The molecular formula is C16H15ClN2O2S. The van der Waals surface area contributed by atoms with E-state index >= 15 is 0 Å². The Hall–Kier alpha value is -1.72. The van der Waals surface area contributed by atoms with Crippen molar-refractivity contribution in [1.29, 1.82) is 0 Å². The van der Waals surface area contributed by atoms with Crippen molar-refractivity contribution in [3.05, 3.63) is 53.2 Å². The first kappa shape index (κ1) is 15.2. The minimum atomic E-state index is -0.0576. The molecule has 0 bridgehead atoms. The number of nitrogens with zero attached hydrogens (tertiary/aromatic N) is 2. The second kappa shape index (κ2) is 6.58. The number of carbonyl (C=O) groups excluding carboxylic acids is 1. The molecule has 1 amide bonds. The third-order valence-corrected chi connectivity index (χ3v) is 4.56. The molecule has 3 rings (SSSR count). The summed E-state index contributed by atoms with van der Waals surface area (Å²) in [6.45, 7) is 1.10. The van der Waals surface area contributed by atoms with E-state index < -0.39 is 0 Å². The van der Waals surface area contributed by atoms with E-state index in [1.54, 1.807) is 35.0 Å². The van der Waals surface area contributed by atoms with Crippen LogP contribution >= 0.6 is 23.4 Å². The summed E-state index contributed by atoms with van der Waals surface area (Å²) in [6, 6.07) is 11.1. The molecule has 0 aliphatic carbocycles. The van der Waals surface area contributed by atoms with Gasteiger partial charge in [-0.1, -0.05) is 23.7 Å². The van der Waals surface area contributed by atoms with E-state index in [1.807, 2.05) is 30.5 Å². The van der Waals surface area contributed by atoms with Crippen LogP contribution in [-0.2, 0) is 0 Å². The number of amides is 1. The number of hydrogen-bond acceptors (Lipinski definition) is 4. The average molecular weight is 335 g/mol. The maximum absolute atomic E-state index is 12.5. The van der Waals surface area contributed by atoms with Crippen LogP contribution in [0.15, 0.2) is 47.5 Å².